The molecule has 5 amide bonds. The highest BCUT2D eigenvalue weighted by Gasteiger charge is 2.44. The van der Waals surface area contributed by atoms with Gasteiger partial charge in [-0.25, -0.2) is 0 Å². The van der Waals surface area contributed by atoms with Crippen molar-refractivity contribution in [3.63, 3.8) is 0 Å². The van der Waals surface area contributed by atoms with Gasteiger partial charge in [0.2, 0.25) is 23.6 Å². The third-order valence-corrected chi connectivity index (χ3v) is 6.55. The maximum Gasteiger partial charge on any atom is 0.416 e. The second kappa shape index (κ2) is 16.0. The minimum atomic E-state index is -5.09. The van der Waals surface area contributed by atoms with E-state index in [1.165, 1.54) is 12.1 Å². The smallest absolute Gasteiger partial charge is 0.382 e. The zero-order valence-electron chi connectivity index (χ0n) is 23.8. The second-order valence-corrected chi connectivity index (χ2v) is 9.92. The standard InChI is InChI=1S/C31H32F3N5O6/c32-31(33,34)28(43)23(15-16-24(35)40)38-25(41)17-37-30(45)27(21-9-5-2-6-10-21)39-26(42)18-36-29(44)22-13-11-20(12-14-22)19-7-3-1-4-8-19/h1-14,23,27-28,43H,15-18H2,(H2,35,40)(H,36,44)(H,37,45)(H,38,41)(H,39,42)/t23?,27-,28?/m0/s1. The number of hydrogen-bond donors (Lipinski definition) is 6. The normalized spacial score (nSPS) is 13.1. The summed E-state index contributed by atoms with van der Waals surface area (Å²) in [5.41, 5.74) is 7.45. The van der Waals surface area contributed by atoms with Crippen LogP contribution in [0.25, 0.3) is 11.1 Å². The lowest BCUT2D eigenvalue weighted by Gasteiger charge is -2.26. The average Bonchev–Trinajstić information content (AvgIpc) is 3.03. The van der Waals surface area contributed by atoms with Crippen molar-refractivity contribution in [2.75, 3.05) is 13.1 Å². The van der Waals surface area contributed by atoms with E-state index in [9.17, 15) is 42.3 Å². The monoisotopic (exact) mass is 627 g/mol. The van der Waals surface area contributed by atoms with E-state index in [0.29, 0.717) is 11.1 Å². The number of hydrogen-bond acceptors (Lipinski definition) is 6. The van der Waals surface area contributed by atoms with E-state index < -0.39 is 79.8 Å². The van der Waals surface area contributed by atoms with Gasteiger partial charge in [-0.2, -0.15) is 13.2 Å². The zero-order valence-corrected chi connectivity index (χ0v) is 23.8. The fourth-order valence-corrected chi connectivity index (χ4v) is 4.23. The second-order valence-electron chi connectivity index (χ2n) is 9.92. The molecular formula is C31H32F3N5O6. The lowest BCUT2D eigenvalue weighted by atomic mass is 10.0. The van der Waals surface area contributed by atoms with Gasteiger partial charge in [0.1, 0.15) is 6.04 Å². The Balaban J connectivity index is 1.59. The first kappa shape index (κ1) is 34.3. The first-order valence-corrected chi connectivity index (χ1v) is 13.7. The average molecular weight is 628 g/mol. The maximum atomic E-state index is 13.0. The summed E-state index contributed by atoms with van der Waals surface area (Å²) in [6, 6.07) is 20.9. The van der Waals surface area contributed by atoms with Crippen LogP contribution in [0.3, 0.4) is 0 Å². The fraction of sp³-hybridized carbons (Fsp3) is 0.258. The molecule has 0 bridgehead atoms. The van der Waals surface area contributed by atoms with Crippen molar-refractivity contribution in [2.24, 2.45) is 5.73 Å². The Morgan fingerprint density at radius 1 is 0.733 bits per heavy atom. The molecule has 7 N–H and O–H groups in total. The molecule has 0 aromatic heterocycles. The van der Waals surface area contributed by atoms with Crippen LogP contribution in [0.4, 0.5) is 13.2 Å². The molecule has 0 heterocycles. The number of aliphatic hydroxyl groups is 1. The highest BCUT2D eigenvalue weighted by Crippen LogP contribution is 2.24. The van der Waals surface area contributed by atoms with Crippen molar-refractivity contribution in [3.8, 4) is 11.1 Å². The molecule has 0 spiro atoms. The van der Waals surface area contributed by atoms with Crippen LogP contribution in [0.1, 0.15) is 34.8 Å². The molecular weight excluding hydrogens is 595 g/mol. The molecule has 0 aliphatic rings. The van der Waals surface area contributed by atoms with Crippen molar-refractivity contribution in [2.45, 2.75) is 37.2 Å². The fourth-order valence-electron chi connectivity index (χ4n) is 4.23. The minimum Gasteiger partial charge on any atom is -0.382 e. The quantitative estimate of drug-likeness (QED) is 0.158. The summed E-state index contributed by atoms with van der Waals surface area (Å²) in [6.45, 7) is -1.31. The largest absolute Gasteiger partial charge is 0.416 e. The number of benzene rings is 3. The molecule has 0 aliphatic heterocycles. The molecule has 45 heavy (non-hydrogen) atoms. The van der Waals surface area contributed by atoms with Gasteiger partial charge < -0.3 is 32.1 Å². The molecule has 0 saturated carbocycles. The van der Waals surface area contributed by atoms with E-state index in [4.69, 9.17) is 5.73 Å². The van der Waals surface area contributed by atoms with Crippen molar-refractivity contribution >= 4 is 29.5 Å². The number of nitrogens with two attached hydrogens (primary N) is 1. The molecule has 0 aliphatic carbocycles. The van der Waals surface area contributed by atoms with Gasteiger partial charge in [-0.05, 0) is 35.2 Å². The Morgan fingerprint density at radius 2 is 1.27 bits per heavy atom. The Morgan fingerprint density at radius 3 is 1.84 bits per heavy atom. The maximum absolute atomic E-state index is 13.0. The molecule has 3 rings (SSSR count). The number of halogens is 3. The van der Waals surface area contributed by atoms with Gasteiger partial charge in [0.25, 0.3) is 5.91 Å². The lowest BCUT2D eigenvalue weighted by molar-refractivity contribution is -0.212. The summed E-state index contributed by atoms with van der Waals surface area (Å²) in [5, 5.41) is 18.7. The van der Waals surface area contributed by atoms with E-state index in [-0.39, 0.29) is 0 Å². The van der Waals surface area contributed by atoms with Crippen LogP contribution in [0.2, 0.25) is 0 Å². The molecule has 2 unspecified atom stereocenters. The van der Waals surface area contributed by atoms with Gasteiger partial charge >= 0.3 is 6.18 Å². The molecule has 3 atom stereocenters. The Labute approximate surface area is 256 Å². The number of aliphatic hydroxyl groups excluding tert-OH is 1. The van der Waals surface area contributed by atoms with Crippen LogP contribution in [-0.2, 0) is 19.2 Å². The predicted molar refractivity (Wildman–Crippen MR) is 157 cm³/mol. The number of carbonyl (C=O) groups excluding carboxylic acids is 5. The molecule has 3 aromatic rings. The van der Waals surface area contributed by atoms with E-state index in [0.717, 1.165) is 11.1 Å². The summed E-state index contributed by atoms with van der Waals surface area (Å²) in [6.07, 6.45) is -9.21. The summed E-state index contributed by atoms with van der Waals surface area (Å²) >= 11 is 0. The summed E-state index contributed by atoms with van der Waals surface area (Å²) in [7, 11) is 0. The van der Waals surface area contributed by atoms with Crippen LogP contribution in [0.15, 0.2) is 84.9 Å². The molecule has 0 radical (unpaired) electrons. The van der Waals surface area contributed by atoms with Gasteiger partial charge in [0, 0.05) is 12.0 Å². The third kappa shape index (κ3) is 10.8. The van der Waals surface area contributed by atoms with Gasteiger partial charge in [-0.1, -0.05) is 72.8 Å². The van der Waals surface area contributed by atoms with Crippen LogP contribution in [-0.4, -0.2) is 66.1 Å². The number of carbonyl (C=O) groups is 5. The van der Waals surface area contributed by atoms with Crippen molar-refractivity contribution in [1.82, 2.24) is 21.3 Å². The highest BCUT2D eigenvalue weighted by molar-refractivity contribution is 5.98. The lowest BCUT2D eigenvalue weighted by Crippen LogP contribution is -2.53. The van der Waals surface area contributed by atoms with Gasteiger partial charge in [0.05, 0.1) is 19.1 Å². The Bertz CT molecular complexity index is 1470. The first-order chi connectivity index (χ1) is 21.3. The third-order valence-electron chi connectivity index (χ3n) is 6.55. The molecule has 238 valence electrons. The Kier molecular flexibility index (Phi) is 12.2. The van der Waals surface area contributed by atoms with Crippen LogP contribution >= 0.6 is 0 Å². The van der Waals surface area contributed by atoms with Gasteiger partial charge in [-0.3, -0.25) is 24.0 Å². The predicted octanol–water partition coefficient (Wildman–Crippen LogP) is 1.73. The van der Waals surface area contributed by atoms with E-state index in [2.05, 4.69) is 16.0 Å². The van der Waals surface area contributed by atoms with Crippen molar-refractivity contribution in [1.29, 1.82) is 0 Å². The van der Waals surface area contributed by atoms with Crippen LogP contribution < -0.4 is 27.0 Å². The van der Waals surface area contributed by atoms with E-state index >= 15 is 0 Å². The number of amides is 5. The van der Waals surface area contributed by atoms with Gasteiger partial charge in [0.15, 0.2) is 6.10 Å². The molecule has 14 heteroatoms. The number of primary amides is 1. The molecule has 11 nitrogen and oxygen atoms in total. The summed E-state index contributed by atoms with van der Waals surface area (Å²) in [4.78, 5) is 61.7. The van der Waals surface area contributed by atoms with Crippen molar-refractivity contribution < 1.29 is 42.3 Å². The molecule has 0 saturated heterocycles. The molecule has 0 fully saturated rings. The molecule has 3 aromatic carbocycles. The van der Waals surface area contributed by atoms with Crippen LogP contribution in [0.5, 0.6) is 0 Å². The first-order valence-electron chi connectivity index (χ1n) is 13.7. The van der Waals surface area contributed by atoms with E-state index in [1.54, 1.807) is 42.5 Å². The SMILES string of the molecule is NC(=O)CCC(NC(=O)CNC(=O)[C@@H](NC(=O)CNC(=O)c1ccc(-c2ccccc2)cc1)c1ccccc1)C(O)C(F)(F)F. The van der Waals surface area contributed by atoms with Crippen molar-refractivity contribution in [3.05, 3.63) is 96.1 Å². The zero-order chi connectivity index (χ0) is 33.0. The summed E-state index contributed by atoms with van der Waals surface area (Å²) < 4.78 is 39.1. The van der Waals surface area contributed by atoms with E-state index in [1.807, 2.05) is 35.6 Å². The highest BCUT2D eigenvalue weighted by atomic mass is 19.4. The number of rotatable bonds is 14. The number of nitrogens with one attached hydrogen (secondary N) is 4. The number of alkyl halides is 3. The van der Waals surface area contributed by atoms with Crippen LogP contribution in [0, 0.1) is 0 Å². The Hall–Kier alpha value is -5.24. The van der Waals surface area contributed by atoms with Gasteiger partial charge in [-0.15, -0.1) is 0 Å². The topological polar surface area (TPSA) is 180 Å². The minimum absolute atomic E-state index is 0.302. The summed E-state index contributed by atoms with van der Waals surface area (Å²) in [5.74, 6) is -4.18.